The molecule has 1 unspecified atom stereocenters. The van der Waals surface area contributed by atoms with Gasteiger partial charge in [0, 0.05) is 13.3 Å². The molecule has 0 rings (SSSR count). The summed E-state index contributed by atoms with van der Waals surface area (Å²) in [7, 11) is -4.33. The van der Waals surface area contributed by atoms with Crippen LogP contribution in [0.15, 0.2) is 0 Å². The molecule has 0 aliphatic carbocycles. The fourth-order valence-electron chi connectivity index (χ4n) is 4.73. The molecule has 0 saturated heterocycles. The van der Waals surface area contributed by atoms with Crippen molar-refractivity contribution < 1.29 is 22.5 Å². The van der Waals surface area contributed by atoms with E-state index in [-0.39, 0.29) is 6.42 Å². The van der Waals surface area contributed by atoms with Crippen LogP contribution < -0.4 is 0 Å². The zero-order valence-electron chi connectivity index (χ0n) is 23.2. The summed E-state index contributed by atoms with van der Waals surface area (Å²) in [4.78, 5) is 10.9. The number of unbranched alkanes of at least 4 members (excludes halogenated alkanes) is 23. The fourth-order valence-corrected chi connectivity index (χ4v) is 5.45. The molecule has 0 aliphatic rings. The number of carbonyl (C=O) groups is 1. The molecular formula is C29H58O5S. The second kappa shape index (κ2) is 25.0. The number of hydrogen-bond donors (Lipinski definition) is 1. The standard InChI is InChI=1S/C29H58O5S/c1-3-4-5-6-7-8-9-10-11-12-13-14-15-16-17-18-19-20-21-22-23-24-25-26-27-29(34-28(2)30)35(31,32)33/h29H,3-27H2,1-2H3,(H,31,32,33). The largest absolute Gasteiger partial charge is 0.444 e. The van der Waals surface area contributed by atoms with Crippen molar-refractivity contribution in [3.63, 3.8) is 0 Å². The SMILES string of the molecule is CCCCCCCCCCCCCCCCCCCCCCCCCCC(OC(C)=O)S(=O)(=O)O. The second-order valence-corrected chi connectivity index (χ2v) is 12.0. The lowest BCUT2D eigenvalue weighted by molar-refractivity contribution is -0.143. The minimum absolute atomic E-state index is 0.164. The van der Waals surface area contributed by atoms with Crippen molar-refractivity contribution in [2.24, 2.45) is 0 Å². The van der Waals surface area contributed by atoms with Gasteiger partial charge in [-0.2, -0.15) is 8.42 Å². The Labute approximate surface area is 218 Å². The van der Waals surface area contributed by atoms with Crippen LogP contribution in [0, 0.1) is 0 Å². The molecule has 0 aromatic rings. The predicted molar refractivity (Wildman–Crippen MR) is 148 cm³/mol. The van der Waals surface area contributed by atoms with E-state index in [9.17, 15) is 13.2 Å². The van der Waals surface area contributed by atoms with E-state index in [1.54, 1.807) is 0 Å². The van der Waals surface area contributed by atoms with Gasteiger partial charge in [-0.1, -0.05) is 155 Å². The minimum Gasteiger partial charge on any atom is -0.444 e. The lowest BCUT2D eigenvalue weighted by atomic mass is 10.0. The predicted octanol–water partition coefficient (Wildman–Crippen LogP) is 9.54. The third-order valence-electron chi connectivity index (χ3n) is 6.92. The second-order valence-electron chi connectivity index (χ2n) is 10.5. The van der Waals surface area contributed by atoms with E-state index in [4.69, 9.17) is 9.29 Å². The first-order valence-corrected chi connectivity index (χ1v) is 16.5. The maximum absolute atomic E-state index is 11.2. The summed E-state index contributed by atoms with van der Waals surface area (Å²) in [5.74, 6) is -0.683. The van der Waals surface area contributed by atoms with Crippen molar-refractivity contribution >= 4 is 16.1 Å². The van der Waals surface area contributed by atoms with Crippen molar-refractivity contribution in [2.45, 2.75) is 180 Å². The molecule has 5 nitrogen and oxygen atoms in total. The average Bonchev–Trinajstić information content (AvgIpc) is 2.80. The Balaban J connectivity index is 3.25. The topological polar surface area (TPSA) is 80.7 Å². The van der Waals surface area contributed by atoms with Crippen LogP contribution in [-0.4, -0.2) is 24.4 Å². The van der Waals surface area contributed by atoms with Crippen LogP contribution in [0.5, 0.6) is 0 Å². The molecule has 0 bridgehead atoms. The van der Waals surface area contributed by atoms with Crippen molar-refractivity contribution in [3.05, 3.63) is 0 Å². The highest BCUT2D eigenvalue weighted by Gasteiger charge is 2.25. The lowest BCUT2D eigenvalue weighted by Gasteiger charge is -2.13. The molecule has 210 valence electrons. The summed E-state index contributed by atoms with van der Waals surface area (Å²) in [6.45, 7) is 3.43. The minimum atomic E-state index is -4.33. The van der Waals surface area contributed by atoms with E-state index in [0.29, 0.717) is 6.42 Å². The molecule has 0 aromatic carbocycles. The molecule has 0 radical (unpaired) electrons. The van der Waals surface area contributed by atoms with E-state index in [2.05, 4.69) is 6.92 Å². The lowest BCUT2D eigenvalue weighted by Crippen LogP contribution is -2.25. The fraction of sp³-hybridized carbons (Fsp3) is 0.966. The average molecular weight is 519 g/mol. The highest BCUT2D eigenvalue weighted by atomic mass is 32.2. The molecule has 35 heavy (non-hydrogen) atoms. The molecule has 0 amide bonds. The molecular weight excluding hydrogens is 460 g/mol. The van der Waals surface area contributed by atoms with Crippen LogP contribution >= 0.6 is 0 Å². The molecule has 0 fully saturated rings. The van der Waals surface area contributed by atoms with Crippen molar-refractivity contribution in [2.75, 3.05) is 0 Å². The zero-order chi connectivity index (χ0) is 26.0. The van der Waals surface area contributed by atoms with Crippen molar-refractivity contribution in [1.82, 2.24) is 0 Å². The van der Waals surface area contributed by atoms with Gasteiger partial charge in [-0.05, 0) is 6.42 Å². The third kappa shape index (κ3) is 26.3. The van der Waals surface area contributed by atoms with Crippen LogP contribution in [0.2, 0.25) is 0 Å². The van der Waals surface area contributed by atoms with Gasteiger partial charge in [0.05, 0.1) is 0 Å². The van der Waals surface area contributed by atoms with Gasteiger partial charge < -0.3 is 4.74 Å². The molecule has 6 heteroatoms. The van der Waals surface area contributed by atoms with Crippen LogP contribution in [-0.2, 0) is 19.6 Å². The molecule has 0 aliphatic heterocycles. The Hall–Kier alpha value is -0.620. The first-order chi connectivity index (χ1) is 16.9. The van der Waals surface area contributed by atoms with Gasteiger partial charge in [0.1, 0.15) is 0 Å². The molecule has 0 spiro atoms. The van der Waals surface area contributed by atoms with Crippen LogP contribution in [0.25, 0.3) is 0 Å². The van der Waals surface area contributed by atoms with Gasteiger partial charge >= 0.3 is 16.1 Å². The van der Waals surface area contributed by atoms with Gasteiger partial charge in [-0.25, -0.2) is 0 Å². The number of rotatable bonds is 27. The molecule has 0 aromatic heterocycles. The van der Waals surface area contributed by atoms with Crippen LogP contribution in [0.1, 0.15) is 174 Å². The number of esters is 1. The number of ether oxygens (including phenoxy) is 1. The monoisotopic (exact) mass is 518 g/mol. The van der Waals surface area contributed by atoms with Gasteiger partial charge in [0.15, 0.2) is 0 Å². The van der Waals surface area contributed by atoms with Crippen molar-refractivity contribution in [3.8, 4) is 0 Å². The van der Waals surface area contributed by atoms with E-state index >= 15 is 0 Å². The molecule has 1 atom stereocenters. The summed E-state index contributed by atoms with van der Waals surface area (Å²) in [5.41, 5.74) is -1.42. The first-order valence-electron chi connectivity index (χ1n) is 15.0. The smallest absolute Gasteiger partial charge is 0.304 e. The Morgan fingerprint density at radius 3 is 1.06 bits per heavy atom. The van der Waals surface area contributed by atoms with Crippen LogP contribution in [0.3, 0.4) is 0 Å². The van der Waals surface area contributed by atoms with E-state index < -0.39 is 21.5 Å². The van der Waals surface area contributed by atoms with E-state index in [1.807, 2.05) is 0 Å². The summed E-state index contributed by atoms with van der Waals surface area (Å²) >= 11 is 0. The quantitative estimate of drug-likeness (QED) is 0.0665. The Kier molecular flexibility index (Phi) is 24.6. The molecule has 0 heterocycles. The highest BCUT2D eigenvalue weighted by molar-refractivity contribution is 7.86. The van der Waals surface area contributed by atoms with Crippen LogP contribution in [0.4, 0.5) is 0 Å². The number of carbonyl (C=O) groups excluding carboxylic acids is 1. The van der Waals surface area contributed by atoms with Gasteiger partial charge in [0.25, 0.3) is 0 Å². The highest BCUT2D eigenvalue weighted by Crippen LogP contribution is 2.17. The maximum atomic E-state index is 11.2. The Morgan fingerprint density at radius 1 is 0.571 bits per heavy atom. The molecule has 0 saturated carbocycles. The summed E-state index contributed by atoms with van der Waals surface area (Å²) in [6, 6.07) is 0. The Bertz CT molecular complexity index is 561. The van der Waals surface area contributed by atoms with Gasteiger partial charge in [-0.3, -0.25) is 9.35 Å². The summed E-state index contributed by atoms with van der Waals surface area (Å²) in [5, 5.41) is 0. The third-order valence-corrected chi connectivity index (χ3v) is 7.92. The number of hydrogen-bond acceptors (Lipinski definition) is 4. The first kappa shape index (κ1) is 34.4. The zero-order valence-corrected chi connectivity index (χ0v) is 24.1. The van der Waals surface area contributed by atoms with Gasteiger partial charge in [-0.15, -0.1) is 0 Å². The normalized spacial score (nSPS) is 12.7. The van der Waals surface area contributed by atoms with Crippen molar-refractivity contribution in [1.29, 1.82) is 0 Å². The van der Waals surface area contributed by atoms with E-state index in [1.165, 1.54) is 128 Å². The van der Waals surface area contributed by atoms with Gasteiger partial charge in [0.2, 0.25) is 5.44 Å². The Morgan fingerprint density at radius 2 is 0.829 bits per heavy atom. The van der Waals surface area contributed by atoms with E-state index in [0.717, 1.165) is 26.2 Å². The summed E-state index contributed by atoms with van der Waals surface area (Å²) in [6.07, 6.45) is 31.8. The summed E-state index contributed by atoms with van der Waals surface area (Å²) < 4.78 is 36.2. The molecule has 1 N–H and O–H groups in total. The maximum Gasteiger partial charge on any atom is 0.304 e.